The second kappa shape index (κ2) is 15.6. The number of sulfone groups is 1. The van der Waals surface area contributed by atoms with Crippen molar-refractivity contribution < 1.29 is 31.9 Å². The third-order valence-electron chi connectivity index (χ3n) is 6.83. The lowest BCUT2D eigenvalue weighted by Gasteiger charge is -2.31. The number of nitrogens with one attached hydrogen (secondary N) is 1. The highest BCUT2D eigenvalue weighted by Crippen LogP contribution is 2.15. The van der Waals surface area contributed by atoms with Gasteiger partial charge < -0.3 is 21.1 Å². The lowest BCUT2D eigenvalue weighted by molar-refractivity contribution is -0.135. The Balaban J connectivity index is 1.93. The molecule has 13 heteroatoms. The van der Waals surface area contributed by atoms with Gasteiger partial charge in [-0.2, -0.15) is 9.78 Å². The van der Waals surface area contributed by atoms with Crippen LogP contribution in [0.3, 0.4) is 0 Å². The van der Waals surface area contributed by atoms with Crippen LogP contribution in [-0.4, -0.2) is 76.4 Å². The quantitative estimate of drug-likeness (QED) is 0.232. The van der Waals surface area contributed by atoms with Crippen LogP contribution in [0.2, 0.25) is 0 Å². The first kappa shape index (κ1) is 34.4. The van der Waals surface area contributed by atoms with Crippen LogP contribution in [-0.2, 0) is 27.6 Å². The number of terminal acetylenes is 1. The van der Waals surface area contributed by atoms with Crippen LogP contribution in [0.5, 0.6) is 0 Å². The van der Waals surface area contributed by atoms with Crippen molar-refractivity contribution in [2.45, 2.75) is 57.8 Å². The summed E-state index contributed by atoms with van der Waals surface area (Å²) >= 11 is 0. The largest absolute Gasteiger partial charge is 0.390 e. The zero-order chi connectivity index (χ0) is 32.4. The molecule has 2 amide bonds. The number of carbonyl (C=O) groups is 2. The third kappa shape index (κ3) is 10.3. The van der Waals surface area contributed by atoms with Crippen molar-refractivity contribution in [1.82, 2.24) is 20.0 Å². The van der Waals surface area contributed by atoms with E-state index in [1.54, 1.807) is 37.3 Å². The van der Waals surface area contributed by atoms with Crippen LogP contribution in [0.25, 0.3) is 0 Å². The van der Waals surface area contributed by atoms with Crippen LogP contribution in [0.15, 0.2) is 54.7 Å². The topological polar surface area (TPSA) is 148 Å². The number of nitrogens with two attached hydrogens (primary N) is 1. The molecule has 10 nitrogen and oxygen atoms in total. The molecule has 3 atom stereocenters. The fraction of sp³-hybridized carbons (Fsp3) is 0.387. The summed E-state index contributed by atoms with van der Waals surface area (Å²) < 4.78 is 54.4. The fourth-order valence-electron chi connectivity index (χ4n) is 4.55. The van der Waals surface area contributed by atoms with E-state index in [9.17, 15) is 31.9 Å². The zero-order valence-corrected chi connectivity index (χ0v) is 25.4. The van der Waals surface area contributed by atoms with Crippen LogP contribution in [0, 0.1) is 30.9 Å². The van der Waals surface area contributed by atoms with Gasteiger partial charge in [0.15, 0.2) is 9.84 Å². The maximum Gasteiger partial charge on any atom is 0.342 e. The molecule has 44 heavy (non-hydrogen) atoms. The van der Waals surface area contributed by atoms with Crippen molar-refractivity contribution in [2.75, 3.05) is 18.1 Å². The minimum absolute atomic E-state index is 0.116. The van der Waals surface area contributed by atoms with E-state index >= 15 is 0 Å². The van der Waals surface area contributed by atoms with Gasteiger partial charge in [-0.25, -0.2) is 22.0 Å². The first-order chi connectivity index (χ1) is 20.8. The Morgan fingerprint density at radius 3 is 2.48 bits per heavy atom. The summed E-state index contributed by atoms with van der Waals surface area (Å²) in [7, 11) is -3.80. The Morgan fingerprint density at radius 2 is 1.86 bits per heavy atom. The molecule has 1 heterocycles. The van der Waals surface area contributed by atoms with Crippen molar-refractivity contribution >= 4 is 21.8 Å². The second-order valence-electron chi connectivity index (χ2n) is 10.6. The highest BCUT2D eigenvalue weighted by Gasteiger charge is 2.33. The van der Waals surface area contributed by atoms with E-state index < -0.39 is 57.4 Å². The van der Waals surface area contributed by atoms with Gasteiger partial charge in [0.25, 0.3) is 0 Å². The van der Waals surface area contributed by atoms with E-state index in [0.717, 1.165) is 16.8 Å². The summed E-state index contributed by atoms with van der Waals surface area (Å²) in [6.07, 6.45) is 6.36. The van der Waals surface area contributed by atoms with Gasteiger partial charge in [0.1, 0.15) is 17.7 Å². The van der Waals surface area contributed by atoms with Gasteiger partial charge in [-0.1, -0.05) is 31.4 Å². The minimum Gasteiger partial charge on any atom is -0.390 e. The maximum atomic E-state index is 14.1. The molecule has 2 aromatic carbocycles. The second-order valence-corrected chi connectivity index (χ2v) is 12.9. The van der Waals surface area contributed by atoms with Crippen LogP contribution in [0.1, 0.15) is 42.1 Å². The lowest BCUT2D eigenvalue weighted by Crippen LogP contribution is -2.55. The van der Waals surface area contributed by atoms with E-state index in [1.807, 2.05) is 6.92 Å². The molecule has 3 rings (SSSR count). The summed E-state index contributed by atoms with van der Waals surface area (Å²) in [5.74, 6) is -0.777. The summed E-state index contributed by atoms with van der Waals surface area (Å²) in [5.41, 5.74) is 8.03. The average Bonchev–Trinajstić information content (AvgIpc) is 3.40. The van der Waals surface area contributed by atoms with Crippen molar-refractivity contribution in [3.05, 3.63) is 88.7 Å². The number of aryl methyl sites for hydroxylation is 1. The molecular formula is C31H37F2N5O5S. The van der Waals surface area contributed by atoms with E-state index in [2.05, 4.69) is 16.3 Å². The normalized spacial score (nSPS) is 13.5. The number of nitrogens with zero attached hydrogens (tertiary/aromatic N) is 3. The predicted molar refractivity (Wildman–Crippen MR) is 162 cm³/mol. The van der Waals surface area contributed by atoms with Crippen LogP contribution in [0.4, 0.5) is 13.6 Å². The number of halogens is 2. The highest BCUT2D eigenvalue weighted by atomic mass is 32.2. The fourth-order valence-corrected chi connectivity index (χ4v) is 6.18. The number of amides is 2. The molecule has 1 aromatic heterocycles. The Kier molecular flexibility index (Phi) is 12.2. The molecular weight excluding hydrogens is 592 g/mol. The Morgan fingerprint density at radius 1 is 1.16 bits per heavy atom. The van der Waals surface area contributed by atoms with Gasteiger partial charge in [0.2, 0.25) is 5.91 Å². The molecule has 0 aliphatic heterocycles. The van der Waals surface area contributed by atoms with Crippen LogP contribution < -0.4 is 11.1 Å². The van der Waals surface area contributed by atoms with E-state index in [-0.39, 0.29) is 30.8 Å². The summed E-state index contributed by atoms with van der Waals surface area (Å²) in [6, 6.07) is 7.77. The molecule has 0 radical (unpaired) electrons. The lowest BCUT2D eigenvalue weighted by atomic mass is 10.0. The molecule has 0 saturated carbocycles. The third-order valence-corrected chi connectivity index (χ3v) is 8.58. The zero-order valence-electron chi connectivity index (χ0n) is 24.6. The molecule has 0 fully saturated rings. The molecule has 3 aromatic rings. The first-order valence-electron chi connectivity index (χ1n) is 14.1. The highest BCUT2D eigenvalue weighted by molar-refractivity contribution is 7.91. The van der Waals surface area contributed by atoms with E-state index in [4.69, 9.17) is 12.2 Å². The maximum absolute atomic E-state index is 14.1. The molecule has 4 N–H and O–H groups in total. The number of aromatic nitrogens is 2. The molecule has 0 spiro atoms. The predicted octanol–water partition coefficient (Wildman–Crippen LogP) is 2.55. The summed E-state index contributed by atoms with van der Waals surface area (Å²) in [6.45, 7) is 2.99. The Hall–Kier alpha value is -4.12. The van der Waals surface area contributed by atoms with Crippen molar-refractivity contribution in [3.8, 4) is 12.3 Å². The number of hydrogen-bond acceptors (Lipinski definition) is 7. The van der Waals surface area contributed by atoms with Crippen molar-refractivity contribution in [2.24, 2.45) is 5.73 Å². The average molecular weight is 630 g/mol. The molecule has 0 bridgehead atoms. The van der Waals surface area contributed by atoms with Crippen molar-refractivity contribution in [1.29, 1.82) is 0 Å². The number of aliphatic hydroxyl groups excluding tert-OH is 1. The first-order valence-corrected chi connectivity index (χ1v) is 15.9. The number of hydrogen-bond donors (Lipinski definition) is 3. The molecule has 0 aliphatic rings. The van der Waals surface area contributed by atoms with Gasteiger partial charge >= 0.3 is 6.03 Å². The Bertz CT molecular complexity index is 1580. The number of aliphatic hydroxyl groups is 1. The molecule has 0 unspecified atom stereocenters. The molecule has 0 aliphatic carbocycles. The monoisotopic (exact) mass is 629 g/mol. The smallest absolute Gasteiger partial charge is 0.342 e. The Labute approximate surface area is 256 Å². The van der Waals surface area contributed by atoms with Gasteiger partial charge in [-0.15, -0.1) is 6.42 Å². The van der Waals surface area contributed by atoms with Gasteiger partial charge in [-0.3, -0.25) is 4.79 Å². The van der Waals surface area contributed by atoms with Crippen LogP contribution >= 0.6 is 0 Å². The standard InChI is InChI=1S/C31H37F2N5O5S/c1-4-6-12-44(42,43)20-28(35-31(41)38-11-10-21(3)36-38)30(40)37(18-23-9-7-8-22(5-2)13-23)19-29(39)27(34)16-24-14-25(32)17-26(33)15-24/h2,7-11,13-15,17,27-29,39H,4,6,12,16,18-20,34H2,1,3H3,(H,35,41)/t27-,28+,29+/m0/s1. The summed E-state index contributed by atoms with van der Waals surface area (Å²) in [5, 5.41) is 17.6. The SMILES string of the molecule is C#Cc1cccc(CN(C[C@@H](O)[C@@H](N)Cc2cc(F)cc(F)c2)C(=O)[C@@H](CS(=O)(=O)CCCC)NC(=O)n2ccc(C)n2)c1. The minimum atomic E-state index is -3.80. The number of unbranched alkanes of at least 4 members (excludes halogenated alkanes) is 1. The number of rotatable bonds is 14. The van der Waals surface area contributed by atoms with Crippen molar-refractivity contribution in [3.63, 3.8) is 0 Å². The molecule has 0 saturated heterocycles. The van der Waals surface area contributed by atoms with E-state index in [1.165, 1.54) is 11.1 Å². The number of carbonyl (C=O) groups excluding carboxylic acids is 2. The number of benzene rings is 2. The summed E-state index contributed by atoms with van der Waals surface area (Å²) in [4.78, 5) is 28.2. The van der Waals surface area contributed by atoms with Gasteiger partial charge in [0.05, 0.1) is 23.3 Å². The van der Waals surface area contributed by atoms with E-state index in [0.29, 0.717) is 35.7 Å². The van der Waals surface area contributed by atoms with Gasteiger partial charge in [-0.05, 0) is 61.2 Å². The molecule has 236 valence electrons. The van der Waals surface area contributed by atoms with Gasteiger partial charge in [0, 0.05) is 37.0 Å².